The second-order valence-corrected chi connectivity index (χ2v) is 6.42. The van der Waals surface area contributed by atoms with Crippen molar-refractivity contribution in [1.82, 2.24) is 10.6 Å². The van der Waals surface area contributed by atoms with Crippen molar-refractivity contribution < 1.29 is 4.74 Å². The van der Waals surface area contributed by atoms with Crippen molar-refractivity contribution >= 4 is 5.96 Å². The Kier molecular flexibility index (Phi) is 8.85. The topological polar surface area (TPSA) is 69.4 Å². The number of ether oxygens (including phenoxy) is 1. The van der Waals surface area contributed by atoms with E-state index in [-0.39, 0.29) is 0 Å². The smallest absolute Gasteiger partial charge is 0.191 e. The molecule has 1 aliphatic rings. The Labute approximate surface area is 151 Å². The van der Waals surface area contributed by atoms with Crippen molar-refractivity contribution in [1.29, 1.82) is 5.26 Å². The van der Waals surface area contributed by atoms with Gasteiger partial charge in [-0.1, -0.05) is 37.8 Å². The normalized spacial score (nSPS) is 16.1. The number of rotatable bonds is 7. The summed E-state index contributed by atoms with van der Waals surface area (Å²) < 4.78 is 6.00. The molecule has 2 rings (SSSR count). The van der Waals surface area contributed by atoms with Crippen molar-refractivity contribution in [3.63, 3.8) is 0 Å². The number of benzene rings is 1. The first-order valence-electron chi connectivity index (χ1n) is 9.44. The van der Waals surface area contributed by atoms with Gasteiger partial charge in [-0.2, -0.15) is 5.26 Å². The zero-order chi connectivity index (χ0) is 17.7. The van der Waals surface area contributed by atoms with Crippen LogP contribution >= 0.6 is 0 Å². The lowest BCUT2D eigenvalue weighted by Crippen LogP contribution is -2.39. The van der Waals surface area contributed by atoms with E-state index in [1.54, 1.807) is 0 Å². The molecule has 0 aromatic heterocycles. The second kappa shape index (κ2) is 11.5. The van der Waals surface area contributed by atoms with Crippen LogP contribution in [0.3, 0.4) is 0 Å². The lowest BCUT2D eigenvalue weighted by atomic mass is 10.1. The monoisotopic (exact) mass is 342 g/mol. The fourth-order valence-corrected chi connectivity index (χ4v) is 3.05. The third-order valence-corrected chi connectivity index (χ3v) is 4.37. The quantitative estimate of drug-likeness (QED) is 0.345. The average molecular weight is 342 g/mol. The molecule has 136 valence electrons. The molecule has 1 aromatic rings. The van der Waals surface area contributed by atoms with Crippen molar-refractivity contribution in [3.8, 4) is 6.07 Å². The maximum absolute atomic E-state index is 8.97. The molecule has 0 aliphatic heterocycles. The molecular formula is C20H30N4O. The SMILES string of the molecule is CCNC(=NCc1cccc(C#N)c1)NCCOC1CCCCCC1. The molecule has 0 unspecified atom stereocenters. The van der Waals surface area contributed by atoms with Crippen LogP contribution in [0.1, 0.15) is 56.6 Å². The molecule has 1 aromatic carbocycles. The lowest BCUT2D eigenvalue weighted by molar-refractivity contribution is 0.0468. The van der Waals surface area contributed by atoms with Gasteiger partial charge in [0, 0.05) is 13.1 Å². The number of guanidine groups is 1. The highest BCUT2D eigenvalue weighted by atomic mass is 16.5. The largest absolute Gasteiger partial charge is 0.376 e. The van der Waals surface area contributed by atoms with Crippen LogP contribution in [0.2, 0.25) is 0 Å². The minimum absolute atomic E-state index is 0.428. The van der Waals surface area contributed by atoms with Gasteiger partial charge in [0.05, 0.1) is 30.9 Å². The van der Waals surface area contributed by atoms with E-state index in [9.17, 15) is 0 Å². The third-order valence-electron chi connectivity index (χ3n) is 4.37. The van der Waals surface area contributed by atoms with E-state index in [2.05, 4.69) is 28.6 Å². The van der Waals surface area contributed by atoms with E-state index in [1.165, 1.54) is 38.5 Å². The Hall–Kier alpha value is -2.06. The van der Waals surface area contributed by atoms with Gasteiger partial charge in [0.25, 0.3) is 0 Å². The zero-order valence-corrected chi connectivity index (χ0v) is 15.3. The number of hydrogen-bond donors (Lipinski definition) is 2. The molecule has 0 radical (unpaired) electrons. The highest BCUT2D eigenvalue weighted by Crippen LogP contribution is 2.19. The number of nitrogens with one attached hydrogen (secondary N) is 2. The molecule has 5 heteroatoms. The number of nitrogens with zero attached hydrogens (tertiary/aromatic N) is 2. The molecule has 0 heterocycles. The van der Waals surface area contributed by atoms with Gasteiger partial charge in [-0.25, -0.2) is 4.99 Å². The van der Waals surface area contributed by atoms with E-state index in [1.807, 2.05) is 24.3 Å². The van der Waals surface area contributed by atoms with Crippen LogP contribution in [0.25, 0.3) is 0 Å². The van der Waals surface area contributed by atoms with Crippen LogP contribution in [-0.4, -0.2) is 31.8 Å². The number of aliphatic imine (C=N–C) groups is 1. The van der Waals surface area contributed by atoms with E-state index in [0.717, 1.165) is 24.6 Å². The molecule has 25 heavy (non-hydrogen) atoms. The van der Waals surface area contributed by atoms with Gasteiger partial charge in [-0.3, -0.25) is 0 Å². The molecule has 0 saturated heterocycles. The van der Waals surface area contributed by atoms with E-state index >= 15 is 0 Å². The summed E-state index contributed by atoms with van der Waals surface area (Å²) in [7, 11) is 0. The summed E-state index contributed by atoms with van der Waals surface area (Å²) in [5.41, 5.74) is 1.70. The minimum atomic E-state index is 0.428. The van der Waals surface area contributed by atoms with Crippen molar-refractivity contribution in [2.45, 2.75) is 58.1 Å². The van der Waals surface area contributed by atoms with Crippen LogP contribution in [-0.2, 0) is 11.3 Å². The van der Waals surface area contributed by atoms with Gasteiger partial charge in [0.15, 0.2) is 5.96 Å². The Morgan fingerprint density at radius 2 is 2.04 bits per heavy atom. The fourth-order valence-electron chi connectivity index (χ4n) is 3.05. The molecule has 0 atom stereocenters. The summed E-state index contributed by atoms with van der Waals surface area (Å²) >= 11 is 0. The molecule has 0 bridgehead atoms. The number of hydrogen-bond acceptors (Lipinski definition) is 3. The summed E-state index contributed by atoms with van der Waals surface area (Å²) in [6.45, 7) is 4.87. The summed E-state index contributed by atoms with van der Waals surface area (Å²) in [6, 6.07) is 9.73. The fraction of sp³-hybridized carbons (Fsp3) is 0.600. The van der Waals surface area contributed by atoms with Gasteiger partial charge < -0.3 is 15.4 Å². The Bertz CT molecular complexity index is 571. The molecule has 1 fully saturated rings. The van der Waals surface area contributed by atoms with Crippen LogP contribution in [0.5, 0.6) is 0 Å². The second-order valence-electron chi connectivity index (χ2n) is 6.42. The maximum Gasteiger partial charge on any atom is 0.191 e. The standard InChI is InChI=1S/C20H30N4O/c1-2-22-20(24-16-18-9-7-8-17(14-18)15-21)23-12-13-25-19-10-5-3-4-6-11-19/h7-9,14,19H,2-6,10-13,16H2,1H3,(H2,22,23,24). The molecule has 1 saturated carbocycles. The van der Waals surface area contributed by atoms with Gasteiger partial charge in [-0.05, 0) is 37.5 Å². The summed E-state index contributed by atoms with van der Waals surface area (Å²) in [4.78, 5) is 4.59. The molecule has 1 aliphatic carbocycles. The Balaban J connectivity index is 1.76. The number of nitriles is 1. The first-order chi connectivity index (χ1) is 12.3. The predicted molar refractivity (Wildman–Crippen MR) is 101 cm³/mol. The first-order valence-corrected chi connectivity index (χ1v) is 9.44. The first kappa shape index (κ1) is 19.3. The molecule has 2 N–H and O–H groups in total. The summed E-state index contributed by atoms with van der Waals surface area (Å²) in [6.07, 6.45) is 8.11. The van der Waals surface area contributed by atoms with Crippen molar-refractivity contribution in [2.24, 2.45) is 4.99 Å². The maximum atomic E-state index is 8.97. The van der Waals surface area contributed by atoms with E-state index in [4.69, 9.17) is 10.00 Å². The average Bonchev–Trinajstić information content (AvgIpc) is 2.92. The summed E-state index contributed by atoms with van der Waals surface area (Å²) in [5.74, 6) is 0.786. The lowest BCUT2D eigenvalue weighted by Gasteiger charge is -2.16. The van der Waals surface area contributed by atoms with Crippen LogP contribution < -0.4 is 10.6 Å². The Morgan fingerprint density at radius 3 is 2.76 bits per heavy atom. The van der Waals surface area contributed by atoms with Gasteiger partial charge in [-0.15, -0.1) is 0 Å². The minimum Gasteiger partial charge on any atom is -0.376 e. The van der Waals surface area contributed by atoms with Crippen LogP contribution in [0.4, 0.5) is 0 Å². The van der Waals surface area contributed by atoms with Crippen molar-refractivity contribution in [3.05, 3.63) is 35.4 Å². The van der Waals surface area contributed by atoms with Gasteiger partial charge in [0.2, 0.25) is 0 Å². The zero-order valence-electron chi connectivity index (χ0n) is 15.3. The third kappa shape index (κ3) is 7.57. The van der Waals surface area contributed by atoms with Crippen LogP contribution in [0.15, 0.2) is 29.3 Å². The van der Waals surface area contributed by atoms with Gasteiger partial charge in [0.1, 0.15) is 0 Å². The van der Waals surface area contributed by atoms with Gasteiger partial charge >= 0.3 is 0 Å². The highest BCUT2D eigenvalue weighted by molar-refractivity contribution is 5.79. The predicted octanol–water partition coefficient (Wildman–Crippen LogP) is 3.35. The highest BCUT2D eigenvalue weighted by Gasteiger charge is 2.12. The summed E-state index contributed by atoms with van der Waals surface area (Å²) in [5, 5.41) is 15.5. The molecule has 0 spiro atoms. The molecule has 5 nitrogen and oxygen atoms in total. The van der Waals surface area contributed by atoms with Crippen LogP contribution in [0, 0.1) is 11.3 Å². The molecule has 0 amide bonds. The molecular weight excluding hydrogens is 312 g/mol. The Morgan fingerprint density at radius 1 is 1.24 bits per heavy atom. The van der Waals surface area contributed by atoms with E-state index in [0.29, 0.717) is 24.8 Å². The van der Waals surface area contributed by atoms with Crippen molar-refractivity contribution in [2.75, 3.05) is 19.7 Å². The van der Waals surface area contributed by atoms with E-state index < -0.39 is 0 Å².